The summed E-state index contributed by atoms with van der Waals surface area (Å²) >= 11 is 0. The number of carbonyl (C=O) groups is 1. The van der Waals surface area contributed by atoms with E-state index in [-0.39, 0.29) is 5.41 Å². The van der Waals surface area contributed by atoms with Crippen molar-refractivity contribution in [3.63, 3.8) is 0 Å². The van der Waals surface area contributed by atoms with Crippen LogP contribution < -0.4 is 0 Å². The molecule has 0 radical (unpaired) electrons. The summed E-state index contributed by atoms with van der Waals surface area (Å²) in [5.41, 5.74) is 1.12. The van der Waals surface area contributed by atoms with E-state index in [4.69, 9.17) is 4.74 Å². The van der Waals surface area contributed by atoms with E-state index in [9.17, 15) is 4.79 Å². The lowest BCUT2D eigenvalue weighted by Gasteiger charge is -2.40. The molecule has 1 aliphatic carbocycles. The van der Waals surface area contributed by atoms with Gasteiger partial charge in [0.05, 0.1) is 13.2 Å². The molecule has 0 amide bonds. The van der Waals surface area contributed by atoms with E-state index in [0.29, 0.717) is 6.61 Å². The van der Waals surface area contributed by atoms with Gasteiger partial charge in [0.15, 0.2) is 0 Å². The molecule has 1 saturated carbocycles. The maximum absolute atomic E-state index is 10.9. The van der Waals surface area contributed by atoms with Gasteiger partial charge in [0.1, 0.15) is 6.29 Å². The predicted octanol–water partition coefficient (Wildman–Crippen LogP) is 1.70. The Bertz CT molecular complexity index is 214. The molecule has 1 aliphatic heterocycles. The molecule has 0 atom stereocenters. The van der Waals surface area contributed by atoms with Gasteiger partial charge in [-0.05, 0) is 24.8 Å². The molecule has 2 heteroatoms. The van der Waals surface area contributed by atoms with Crippen LogP contribution in [0.25, 0.3) is 0 Å². The summed E-state index contributed by atoms with van der Waals surface area (Å²) in [4.78, 5) is 10.9. The van der Waals surface area contributed by atoms with Crippen LogP contribution >= 0.6 is 0 Å². The fourth-order valence-corrected chi connectivity index (χ4v) is 1.98. The van der Waals surface area contributed by atoms with Crippen LogP contribution in [0.5, 0.6) is 0 Å². The van der Waals surface area contributed by atoms with E-state index >= 15 is 0 Å². The third-order valence-corrected chi connectivity index (χ3v) is 3.02. The van der Waals surface area contributed by atoms with Gasteiger partial charge in [0, 0.05) is 5.41 Å². The molecule has 66 valence electrons. The van der Waals surface area contributed by atoms with Gasteiger partial charge < -0.3 is 9.53 Å². The molecule has 0 aromatic carbocycles. The maximum atomic E-state index is 10.9. The highest BCUT2D eigenvalue weighted by atomic mass is 16.5. The average molecular weight is 166 g/mol. The monoisotopic (exact) mass is 166 g/mol. The zero-order valence-electron chi connectivity index (χ0n) is 7.21. The fraction of sp³-hybridized carbons (Fsp3) is 0.700. The summed E-state index contributed by atoms with van der Waals surface area (Å²) < 4.78 is 5.34. The second kappa shape index (κ2) is 3.02. The normalized spacial score (nSPS) is 27.2. The Morgan fingerprint density at radius 3 is 2.75 bits per heavy atom. The minimum Gasteiger partial charge on any atom is -0.377 e. The number of ether oxygens (including phenoxy) is 1. The Hall–Kier alpha value is -0.630. The van der Waals surface area contributed by atoms with E-state index in [0.717, 1.165) is 32.2 Å². The van der Waals surface area contributed by atoms with E-state index < -0.39 is 0 Å². The van der Waals surface area contributed by atoms with Crippen molar-refractivity contribution in [2.45, 2.75) is 25.7 Å². The minimum absolute atomic E-state index is 0.111. The molecule has 1 fully saturated rings. The fourth-order valence-electron chi connectivity index (χ4n) is 1.98. The van der Waals surface area contributed by atoms with Crippen LogP contribution in [-0.4, -0.2) is 19.5 Å². The molecule has 2 aliphatic rings. The van der Waals surface area contributed by atoms with Crippen LogP contribution in [0.4, 0.5) is 0 Å². The predicted molar refractivity (Wildman–Crippen MR) is 45.9 cm³/mol. The second-order valence-electron chi connectivity index (χ2n) is 3.70. The van der Waals surface area contributed by atoms with Crippen LogP contribution in [0, 0.1) is 5.41 Å². The van der Waals surface area contributed by atoms with Crippen LogP contribution in [0.2, 0.25) is 0 Å². The number of hydrogen-bond acceptors (Lipinski definition) is 2. The first-order valence-corrected chi connectivity index (χ1v) is 4.61. The number of hydrogen-bond donors (Lipinski definition) is 0. The summed E-state index contributed by atoms with van der Waals surface area (Å²) in [6.07, 6.45) is 7.55. The van der Waals surface area contributed by atoms with Gasteiger partial charge in [0.2, 0.25) is 0 Å². The standard InChI is InChI=1S/C10H14O2/c11-8-10(4-2-5-10)9-3-1-6-12-7-9/h3,8H,1-2,4-7H2. The van der Waals surface area contributed by atoms with E-state index in [2.05, 4.69) is 6.08 Å². The van der Waals surface area contributed by atoms with Gasteiger partial charge in [-0.1, -0.05) is 12.5 Å². The zero-order chi connectivity index (χ0) is 8.44. The third kappa shape index (κ3) is 1.11. The molecular formula is C10H14O2. The molecule has 0 saturated heterocycles. The molecule has 12 heavy (non-hydrogen) atoms. The highest BCUT2D eigenvalue weighted by Crippen LogP contribution is 2.45. The quantitative estimate of drug-likeness (QED) is 0.461. The Balaban J connectivity index is 2.14. The van der Waals surface area contributed by atoms with Crippen molar-refractivity contribution in [2.75, 3.05) is 13.2 Å². The van der Waals surface area contributed by atoms with Gasteiger partial charge in [-0.15, -0.1) is 0 Å². The number of aldehydes is 1. The average Bonchev–Trinajstić information content (AvgIpc) is 2.05. The third-order valence-electron chi connectivity index (χ3n) is 3.02. The van der Waals surface area contributed by atoms with Crippen molar-refractivity contribution < 1.29 is 9.53 Å². The van der Waals surface area contributed by atoms with Gasteiger partial charge >= 0.3 is 0 Å². The van der Waals surface area contributed by atoms with Crippen molar-refractivity contribution in [3.8, 4) is 0 Å². The summed E-state index contributed by atoms with van der Waals surface area (Å²) in [5, 5.41) is 0. The summed E-state index contributed by atoms with van der Waals surface area (Å²) in [6, 6.07) is 0. The molecule has 1 heterocycles. The van der Waals surface area contributed by atoms with Gasteiger partial charge in [-0.3, -0.25) is 0 Å². The largest absolute Gasteiger partial charge is 0.377 e. The second-order valence-corrected chi connectivity index (χ2v) is 3.70. The Labute approximate surface area is 72.6 Å². The minimum atomic E-state index is -0.111. The summed E-state index contributed by atoms with van der Waals surface area (Å²) in [6.45, 7) is 1.50. The van der Waals surface area contributed by atoms with Crippen molar-refractivity contribution in [1.82, 2.24) is 0 Å². The SMILES string of the molecule is O=CC1(C2=CCCOC2)CCC1. The lowest BCUT2D eigenvalue weighted by atomic mass is 9.65. The van der Waals surface area contributed by atoms with E-state index in [1.54, 1.807) is 0 Å². The first-order valence-electron chi connectivity index (χ1n) is 4.61. The van der Waals surface area contributed by atoms with Crippen molar-refractivity contribution >= 4 is 6.29 Å². The highest BCUT2D eigenvalue weighted by Gasteiger charge is 2.40. The Kier molecular flexibility index (Phi) is 2.01. The van der Waals surface area contributed by atoms with E-state index in [1.807, 2.05) is 0 Å². The Morgan fingerprint density at radius 1 is 1.50 bits per heavy atom. The molecular weight excluding hydrogens is 152 g/mol. The van der Waals surface area contributed by atoms with Gasteiger partial charge in [0.25, 0.3) is 0 Å². The smallest absolute Gasteiger partial charge is 0.130 e. The first kappa shape index (κ1) is 7.99. The van der Waals surface area contributed by atoms with E-state index in [1.165, 1.54) is 12.0 Å². The van der Waals surface area contributed by atoms with Crippen LogP contribution in [0.3, 0.4) is 0 Å². The van der Waals surface area contributed by atoms with Crippen molar-refractivity contribution in [2.24, 2.45) is 5.41 Å². The van der Waals surface area contributed by atoms with Crippen LogP contribution in [-0.2, 0) is 9.53 Å². The highest BCUT2D eigenvalue weighted by molar-refractivity contribution is 5.67. The molecule has 0 N–H and O–H groups in total. The first-order chi connectivity index (χ1) is 5.87. The molecule has 0 aromatic heterocycles. The number of carbonyl (C=O) groups excluding carboxylic acids is 1. The lowest BCUT2D eigenvalue weighted by Crippen LogP contribution is -2.36. The number of rotatable bonds is 2. The Morgan fingerprint density at radius 2 is 2.33 bits per heavy atom. The maximum Gasteiger partial charge on any atom is 0.130 e. The zero-order valence-corrected chi connectivity index (χ0v) is 7.21. The molecule has 0 unspecified atom stereocenters. The summed E-state index contributed by atoms with van der Waals surface area (Å²) in [7, 11) is 0. The van der Waals surface area contributed by atoms with Gasteiger partial charge in [-0.2, -0.15) is 0 Å². The van der Waals surface area contributed by atoms with Crippen LogP contribution in [0.15, 0.2) is 11.6 Å². The van der Waals surface area contributed by atoms with Gasteiger partial charge in [-0.25, -0.2) is 0 Å². The van der Waals surface area contributed by atoms with Crippen molar-refractivity contribution in [3.05, 3.63) is 11.6 Å². The molecule has 0 bridgehead atoms. The topological polar surface area (TPSA) is 26.3 Å². The summed E-state index contributed by atoms with van der Waals surface area (Å²) in [5.74, 6) is 0. The molecule has 2 rings (SSSR count). The van der Waals surface area contributed by atoms with Crippen molar-refractivity contribution in [1.29, 1.82) is 0 Å². The lowest BCUT2D eigenvalue weighted by molar-refractivity contribution is -0.118. The molecule has 2 nitrogen and oxygen atoms in total. The van der Waals surface area contributed by atoms with Crippen LogP contribution in [0.1, 0.15) is 25.7 Å². The molecule has 0 aromatic rings. The molecule has 0 spiro atoms.